The minimum absolute atomic E-state index is 0.0287. The number of hydrogen-bond donors (Lipinski definition) is 3. The van der Waals surface area contributed by atoms with Gasteiger partial charge in [0.05, 0.1) is 11.8 Å². The normalized spacial score (nSPS) is 32.4. The first-order chi connectivity index (χ1) is 8.16. The molecule has 1 saturated heterocycles. The van der Waals surface area contributed by atoms with Crippen molar-refractivity contribution < 1.29 is 14.7 Å². The number of carbonyl (C=O) groups is 2. The van der Waals surface area contributed by atoms with Crippen molar-refractivity contribution in [2.24, 2.45) is 11.8 Å². The minimum atomic E-state index is -0.822. The monoisotopic (exact) mass is 238 g/mol. The molecular weight excluding hydrogens is 220 g/mol. The molecule has 3 unspecified atom stereocenters. The number of carboxylic acids is 1. The van der Waals surface area contributed by atoms with Crippen LogP contribution >= 0.6 is 0 Å². The number of rotatable bonds is 3. The van der Waals surface area contributed by atoms with Crippen molar-refractivity contribution in [2.75, 3.05) is 13.1 Å². The molecule has 1 aliphatic heterocycles. The molecule has 94 valence electrons. The lowest BCUT2D eigenvalue weighted by atomic mass is 9.98. The summed E-state index contributed by atoms with van der Waals surface area (Å²) in [6.07, 6.45) is 5.86. The van der Waals surface area contributed by atoms with E-state index in [1.54, 1.807) is 12.2 Å². The molecule has 0 saturated carbocycles. The Labute approximate surface area is 100 Å². The Morgan fingerprint density at radius 3 is 2.76 bits per heavy atom. The predicted octanol–water partition coefficient (Wildman–Crippen LogP) is 0.131. The largest absolute Gasteiger partial charge is 0.481 e. The average molecular weight is 238 g/mol. The van der Waals surface area contributed by atoms with Crippen LogP contribution in [0.25, 0.3) is 0 Å². The summed E-state index contributed by atoms with van der Waals surface area (Å²) in [5, 5.41) is 14.9. The van der Waals surface area contributed by atoms with Crippen LogP contribution in [-0.4, -0.2) is 36.1 Å². The lowest BCUT2D eigenvalue weighted by Crippen LogP contribution is -2.43. The van der Waals surface area contributed by atoms with E-state index in [0.29, 0.717) is 6.42 Å². The molecule has 17 heavy (non-hydrogen) atoms. The first-order valence-electron chi connectivity index (χ1n) is 6.09. The van der Waals surface area contributed by atoms with Crippen molar-refractivity contribution >= 4 is 11.9 Å². The summed E-state index contributed by atoms with van der Waals surface area (Å²) >= 11 is 0. The quantitative estimate of drug-likeness (QED) is 0.611. The molecule has 0 spiro atoms. The Hall–Kier alpha value is -1.36. The maximum absolute atomic E-state index is 11.9. The summed E-state index contributed by atoms with van der Waals surface area (Å²) in [5.41, 5.74) is 0. The number of piperidine rings is 1. The second-order valence-corrected chi connectivity index (χ2v) is 4.72. The summed E-state index contributed by atoms with van der Waals surface area (Å²) in [7, 11) is 0. The fraction of sp³-hybridized carbons (Fsp3) is 0.667. The van der Waals surface area contributed by atoms with E-state index in [2.05, 4.69) is 10.6 Å². The van der Waals surface area contributed by atoms with Crippen molar-refractivity contribution in [3.05, 3.63) is 12.2 Å². The molecule has 0 aromatic heterocycles. The summed E-state index contributed by atoms with van der Waals surface area (Å²) in [6, 6.07) is -0.120. The third-order valence-electron chi connectivity index (χ3n) is 3.40. The molecule has 1 aliphatic carbocycles. The highest BCUT2D eigenvalue weighted by atomic mass is 16.4. The summed E-state index contributed by atoms with van der Waals surface area (Å²) < 4.78 is 0. The number of carboxylic acid groups (broad SMARTS) is 1. The summed E-state index contributed by atoms with van der Waals surface area (Å²) in [4.78, 5) is 22.7. The highest BCUT2D eigenvalue weighted by molar-refractivity contribution is 5.80. The van der Waals surface area contributed by atoms with Gasteiger partial charge < -0.3 is 15.7 Å². The van der Waals surface area contributed by atoms with Crippen LogP contribution in [0, 0.1) is 11.8 Å². The zero-order valence-corrected chi connectivity index (χ0v) is 9.69. The van der Waals surface area contributed by atoms with E-state index >= 15 is 0 Å². The molecule has 0 aromatic rings. The summed E-state index contributed by atoms with van der Waals surface area (Å²) in [5.74, 6) is -1.21. The second-order valence-electron chi connectivity index (χ2n) is 4.72. The van der Waals surface area contributed by atoms with Crippen LogP contribution in [0.15, 0.2) is 12.2 Å². The van der Waals surface area contributed by atoms with Crippen molar-refractivity contribution in [2.45, 2.75) is 25.3 Å². The van der Waals surface area contributed by atoms with Crippen molar-refractivity contribution in [3.8, 4) is 0 Å². The van der Waals surface area contributed by atoms with Crippen molar-refractivity contribution in [1.82, 2.24) is 10.6 Å². The van der Waals surface area contributed by atoms with Gasteiger partial charge in [0.2, 0.25) is 5.91 Å². The van der Waals surface area contributed by atoms with Crippen LogP contribution in [0.3, 0.4) is 0 Å². The maximum atomic E-state index is 11.9. The van der Waals surface area contributed by atoms with Gasteiger partial charge in [-0.15, -0.1) is 0 Å². The smallest absolute Gasteiger partial charge is 0.310 e. The Balaban J connectivity index is 1.80. The zero-order chi connectivity index (χ0) is 12.3. The topological polar surface area (TPSA) is 78.4 Å². The van der Waals surface area contributed by atoms with E-state index in [4.69, 9.17) is 5.11 Å². The van der Waals surface area contributed by atoms with E-state index in [9.17, 15) is 9.59 Å². The molecule has 0 bridgehead atoms. The Morgan fingerprint density at radius 1 is 1.35 bits per heavy atom. The first-order valence-corrected chi connectivity index (χ1v) is 6.09. The highest BCUT2D eigenvalue weighted by Gasteiger charge is 2.28. The predicted molar refractivity (Wildman–Crippen MR) is 62.4 cm³/mol. The van der Waals surface area contributed by atoms with Gasteiger partial charge in [-0.25, -0.2) is 0 Å². The molecule has 2 aliphatic rings. The molecular formula is C12H18N2O3. The van der Waals surface area contributed by atoms with Crippen LogP contribution in [0.4, 0.5) is 0 Å². The Morgan fingerprint density at radius 2 is 2.18 bits per heavy atom. The molecule has 3 N–H and O–H groups in total. The molecule has 1 fully saturated rings. The van der Waals surface area contributed by atoms with Crippen molar-refractivity contribution in [3.63, 3.8) is 0 Å². The maximum Gasteiger partial charge on any atom is 0.310 e. The molecule has 0 aromatic carbocycles. The second kappa shape index (κ2) is 5.31. The molecule has 5 heteroatoms. The van der Waals surface area contributed by atoms with Gasteiger partial charge in [-0.05, 0) is 25.8 Å². The van der Waals surface area contributed by atoms with E-state index < -0.39 is 11.9 Å². The SMILES string of the molecule is O=C(O)C1C=CC(NC(=O)C2CCCNC2)C1. The zero-order valence-electron chi connectivity index (χ0n) is 9.69. The van der Waals surface area contributed by atoms with Gasteiger partial charge in [-0.3, -0.25) is 9.59 Å². The third kappa shape index (κ3) is 3.06. The minimum Gasteiger partial charge on any atom is -0.481 e. The van der Waals surface area contributed by atoms with Gasteiger partial charge in [0, 0.05) is 12.6 Å². The van der Waals surface area contributed by atoms with Crippen LogP contribution in [0.5, 0.6) is 0 Å². The van der Waals surface area contributed by atoms with Crippen LogP contribution < -0.4 is 10.6 Å². The van der Waals surface area contributed by atoms with E-state index in [1.807, 2.05) is 0 Å². The van der Waals surface area contributed by atoms with E-state index in [1.165, 1.54) is 0 Å². The van der Waals surface area contributed by atoms with Gasteiger partial charge in [-0.2, -0.15) is 0 Å². The molecule has 3 atom stereocenters. The Kier molecular flexibility index (Phi) is 3.78. The van der Waals surface area contributed by atoms with Gasteiger partial charge in [0.15, 0.2) is 0 Å². The number of amides is 1. The lowest BCUT2D eigenvalue weighted by molar-refractivity contribution is -0.140. The Bertz CT molecular complexity index is 335. The average Bonchev–Trinajstić information content (AvgIpc) is 2.79. The number of hydrogen-bond acceptors (Lipinski definition) is 3. The fourth-order valence-electron chi connectivity index (χ4n) is 2.37. The van der Waals surface area contributed by atoms with Crippen LogP contribution in [0.2, 0.25) is 0 Å². The van der Waals surface area contributed by atoms with Gasteiger partial charge in [0.1, 0.15) is 0 Å². The summed E-state index contributed by atoms with van der Waals surface area (Å²) in [6.45, 7) is 1.71. The number of nitrogens with one attached hydrogen (secondary N) is 2. The van der Waals surface area contributed by atoms with Gasteiger partial charge in [0.25, 0.3) is 0 Å². The standard InChI is InChI=1S/C12H18N2O3/c15-11(9-2-1-5-13-7-9)14-10-4-3-8(6-10)12(16)17/h3-4,8-10,13H,1-2,5-7H2,(H,14,15)(H,16,17). The van der Waals surface area contributed by atoms with Gasteiger partial charge >= 0.3 is 5.97 Å². The highest BCUT2D eigenvalue weighted by Crippen LogP contribution is 2.19. The molecule has 1 amide bonds. The molecule has 5 nitrogen and oxygen atoms in total. The molecule has 1 heterocycles. The number of carbonyl (C=O) groups excluding carboxylic acids is 1. The van der Waals surface area contributed by atoms with Crippen LogP contribution in [0.1, 0.15) is 19.3 Å². The van der Waals surface area contributed by atoms with Crippen molar-refractivity contribution in [1.29, 1.82) is 0 Å². The third-order valence-corrected chi connectivity index (χ3v) is 3.40. The molecule has 2 rings (SSSR count). The lowest BCUT2D eigenvalue weighted by Gasteiger charge is -2.23. The van der Waals surface area contributed by atoms with E-state index in [0.717, 1.165) is 25.9 Å². The first kappa shape index (κ1) is 12.1. The van der Waals surface area contributed by atoms with Crippen LogP contribution in [-0.2, 0) is 9.59 Å². The van der Waals surface area contributed by atoms with Gasteiger partial charge in [-0.1, -0.05) is 12.2 Å². The molecule has 0 radical (unpaired) electrons. The number of aliphatic carboxylic acids is 1. The fourth-order valence-corrected chi connectivity index (χ4v) is 2.37. The van der Waals surface area contributed by atoms with E-state index in [-0.39, 0.29) is 17.9 Å².